The largest absolute Gasteiger partial charge is 0.497 e. The second kappa shape index (κ2) is 7.67. The predicted molar refractivity (Wildman–Crippen MR) is 90.7 cm³/mol. The first-order valence-corrected chi connectivity index (χ1v) is 9.63. The van der Waals surface area contributed by atoms with Crippen molar-refractivity contribution in [1.82, 2.24) is 4.72 Å². The number of sulfonamides is 1. The van der Waals surface area contributed by atoms with E-state index in [1.54, 1.807) is 37.1 Å². The molecule has 0 fully saturated rings. The molecule has 0 aromatic heterocycles. The normalized spacial score (nSPS) is 11.4. The van der Waals surface area contributed by atoms with Crippen LogP contribution in [0.5, 0.6) is 5.75 Å². The van der Waals surface area contributed by atoms with Gasteiger partial charge in [0.2, 0.25) is 10.0 Å². The minimum Gasteiger partial charge on any atom is -0.497 e. The Kier molecular flexibility index (Phi) is 5.88. The molecular weight excluding hydrogens is 318 g/mol. The smallest absolute Gasteiger partial charge is 0.240 e. The van der Waals surface area contributed by atoms with Gasteiger partial charge in [-0.05, 0) is 41.6 Å². The van der Waals surface area contributed by atoms with E-state index in [4.69, 9.17) is 4.74 Å². The summed E-state index contributed by atoms with van der Waals surface area (Å²) < 4.78 is 32.5. The van der Waals surface area contributed by atoms with Crippen molar-refractivity contribution in [3.05, 3.63) is 59.7 Å². The fourth-order valence-electron chi connectivity index (χ4n) is 2.01. The quantitative estimate of drug-likeness (QED) is 0.844. The number of benzene rings is 2. The van der Waals surface area contributed by atoms with E-state index in [0.717, 1.165) is 16.9 Å². The van der Waals surface area contributed by atoms with E-state index in [0.29, 0.717) is 10.6 Å². The number of thioether (sulfide) groups is 1. The molecule has 0 atom stereocenters. The molecular formula is C16H19NO3S2. The monoisotopic (exact) mass is 337 g/mol. The van der Waals surface area contributed by atoms with Gasteiger partial charge in [0.05, 0.1) is 12.0 Å². The molecule has 0 spiro atoms. The summed E-state index contributed by atoms with van der Waals surface area (Å²) in [6.07, 6.45) is 1.99. The summed E-state index contributed by atoms with van der Waals surface area (Å²) in [7, 11) is -1.94. The van der Waals surface area contributed by atoms with Crippen molar-refractivity contribution in [3.63, 3.8) is 0 Å². The van der Waals surface area contributed by atoms with Gasteiger partial charge in [0.1, 0.15) is 5.75 Å². The lowest BCUT2D eigenvalue weighted by Gasteiger charge is -2.09. The molecule has 0 radical (unpaired) electrons. The summed E-state index contributed by atoms with van der Waals surface area (Å²) in [5.41, 5.74) is 1.85. The number of ether oxygens (including phenoxy) is 1. The SMILES string of the molecule is COc1cccc(CNS(=O)(=O)c2cccc(CSC)c2)c1. The molecule has 0 saturated carbocycles. The van der Waals surface area contributed by atoms with Crippen LogP contribution in [-0.4, -0.2) is 21.8 Å². The third-order valence-corrected chi connectivity index (χ3v) is 5.14. The van der Waals surface area contributed by atoms with Crippen LogP contribution >= 0.6 is 11.8 Å². The van der Waals surface area contributed by atoms with Gasteiger partial charge in [-0.15, -0.1) is 0 Å². The highest BCUT2D eigenvalue weighted by atomic mass is 32.2. The summed E-state index contributed by atoms with van der Waals surface area (Å²) in [5, 5.41) is 0. The maximum Gasteiger partial charge on any atom is 0.240 e. The summed E-state index contributed by atoms with van der Waals surface area (Å²) in [6.45, 7) is 0.228. The average Bonchev–Trinajstić information content (AvgIpc) is 2.54. The molecule has 22 heavy (non-hydrogen) atoms. The third kappa shape index (κ3) is 4.50. The van der Waals surface area contributed by atoms with Crippen LogP contribution in [-0.2, 0) is 22.3 Å². The lowest BCUT2D eigenvalue weighted by molar-refractivity contribution is 0.414. The van der Waals surface area contributed by atoms with Crippen molar-refractivity contribution in [3.8, 4) is 5.75 Å². The molecule has 2 rings (SSSR count). The van der Waals surface area contributed by atoms with Gasteiger partial charge in [-0.25, -0.2) is 13.1 Å². The van der Waals surface area contributed by atoms with Crippen LogP contribution < -0.4 is 9.46 Å². The standard InChI is InChI=1S/C16H19NO3S2/c1-20-15-7-3-5-13(9-15)11-17-22(18,19)16-8-4-6-14(10-16)12-21-2/h3-10,17H,11-12H2,1-2H3. The van der Waals surface area contributed by atoms with Gasteiger partial charge < -0.3 is 4.74 Å². The van der Waals surface area contributed by atoms with E-state index in [9.17, 15) is 8.42 Å². The molecule has 0 unspecified atom stereocenters. The summed E-state index contributed by atoms with van der Waals surface area (Å²) >= 11 is 1.66. The van der Waals surface area contributed by atoms with Gasteiger partial charge in [0.25, 0.3) is 0 Å². The zero-order valence-electron chi connectivity index (χ0n) is 12.6. The van der Waals surface area contributed by atoms with Gasteiger partial charge >= 0.3 is 0 Å². The first-order valence-electron chi connectivity index (χ1n) is 6.75. The Morgan fingerprint density at radius 1 is 1.09 bits per heavy atom. The molecule has 0 aliphatic carbocycles. The second-order valence-electron chi connectivity index (χ2n) is 4.76. The Morgan fingerprint density at radius 3 is 2.55 bits per heavy atom. The molecule has 0 aliphatic heterocycles. The minimum absolute atomic E-state index is 0.228. The van der Waals surface area contributed by atoms with E-state index in [1.807, 2.05) is 36.6 Å². The van der Waals surface area contributed by atoms with Gasteiger partial charge in [0.15, 0.2) is 0 Å². The molecule has 118 valence electrons. The van der Waals surface area contributed by atoms with Crippen molar-refractivity contribution in [1.29, 1.82) is 0 Å². The Hall–Kier alpha value is -1.50. The van der Waals surface area contributed by atoms with Crippen LogP contribution in [0.1, 0.15) is 11.1 Å². The van der Waals surface area contributed by atoms with Crippen LogP contribution in [0.25, 0.3) is 0 Å². The molecule has 0 aliphatic rings. The van der Waals surface area contributed by atoms with E-state index >= 15 is 0 Å². The molecule has 6 heteroatoms. The topological polar surface area (TPSA) is 55.4 Å². The molecule has 0 bridgehead atoms. The van der Waals surface area contributed by atoms with E-state index in [1.165, 1.54) is 0 Å². The average molecular weight is 337 g/mol. The fraction of sp³-hybridized carbons (Fsp3) is 0.250. The van der Waals surface area contributed by atoms with Crippen molar-refractivity contribution in [2.75, 3.05) is 13.4 Å². The molecule has 1 N–H and O–H groups in total. The zero-order valence-corrected chi connectivity index (χ0v) is 14.2. The summed E-state index contributed by atoms with van der Waals surface area (Å²) in [4.78, 5) is 0.293. The number of hydrogen-bond acceptors (Lipinski definition) is 4. The number of hydrogen-bond donors (Lipinski definition) is 1. The number of rotatable bonds is 7. The minimum atomic E-state index is -3.52. The predicted octanol–water partition coefficient (Wildman–Crippen LogP) is 3.04. The number of methoxy groups -OCH3 is 1. The van der Waals surface area contributed by atoms with E-state index < -0.39 is 10.0 Å². The highest BCUT2D eigenvalue weighted by Crippen LogP contribution is 2.17. The maximum absolute atomic E-state index is 12.4. The maximum atomic E-state index is 12.4. The molecule has 0 saturated heterocycles. The van der Waals surface area contributed by atoms with Crippen LogP contribution in [0.4, 0.5) is 0 Å². The van der Waals surface area contributed by atoms with Crippen LogP contribution in [0.2, 0.25) is 0 Å². The van der Waals surface area contributed by atoms with E-state index in [2.05, 4.69) is 4.72 Å². The lowest BCUT2D eigenvalue weighted by atomic mass is 10.2. The van der Waals surface area contributed by atoms with Gasteiger partial charge in [-0.1, -0.05) is 24.3 Å². The van der Waals surface area contributed by atoms with Gasteiger partial charge in [0, 0.05) is 12.3 Å². The summed E-state index contributed by atoms with van der Waals surface area (Å²) in [6, 6.07) is 14.3. The van der Waals surface area contributed by atoms with Crippen LogP contribution in [0.15, 0.2) is 53.4 Å². The van der Waals surface area contributed by atoms with Crippen LogP contribution in [0, 0.1) is 0 Å². The van der Waals surface area contributed by atoms with Crippen molar-refractivity contribution in [2.24, 2.45) is 0 Å². The molecule has 0 heterocycles. The zero-order chi connectivity index (χ0) is 16.0. The first kappa shape index (κ1) is 16.9. The Morgan fingerprint density at radius 2 is 1.82 bits per heavy atom. The van der Waals surface area contributed by atoms with E-state index in [-0.39, 0.29) is 6.54 Å². The fourth-order valence-corrected chi connectivity index (χ4v) is 3.61. The number of nitrogens with one attached hydrogen (secondary N) is 1. The first-order chi connectivity index (χ1) is 10.5. The molecule has 0 amide bonds. The van der Waals surface area contributed by atoms with Crippen molar-refractivity contribution >= 4 is 21.8 Å². The summed E-state index contributed by atoms with van der Waals surface area (Å²) in [5.74, 6) is 1.50. The lowest BCUT2D eigenvalue weighted by Crippen LogP contribution is -2.23. The van der Waals surface area contributed by atoms with Crippen molar-refractivity contribution < 1.29 is 13.2 Å². The third-order valence-electron chi connectivity index (χ3n) is 3.12. The Bertz CT molecular complexity index is 730. The van der Waals surface area contributed by atoms with Gasteiger partial charge in [-0.2, -0.15) is 11.8 Å². The van der Waals surface area contributed by atoms with Gasteiger partial charge in [-0.3, -0.25) is 0 Å². The molecule has 2 aromatic carbocycles. The molecule has 2 aromatic rings. The van der Waals surface area contributed by atoms with Crippen LogP contribution in [0.3, 0.4) is 0 Å². The van der Waals surface area contributed by atoms with Crippen molar-refractivity contribution in [2.45, 2.75) is 17.2 Å². The Labute approximate surface area is 135 Å². The highest BCUT2D eigenvalue weighted by molar-refractivity contribution is 7.97. The second-order valence-corrected chi connectivity index (χ2v) is 7.39. The highest BCUT2D eigenvalue weighted by Gasteiger charge is 2.14. The molecule has 4 nitrogen and oxygen atoms in total. The Balaban J connectivity index is 2.12.